The molecule has 0 spiro atoms. The summed E-state index contributed by atoms with van der Waals surface area (Å²) in [6.45, 7) is 2.91. The molecule has 1 heterocycles. The Bertz CT molecular complexity index is 250. The fourth-order valence-electron chi connectivity index (χ4n) is 1.19. The molecule has 0 radical (unpaired) electrons. The summed E-state index contributed by atoms with van der Waals surface area (Å²) in [5.74, 6) is 0.507. The van der Waals surface area contributed by atoms with Crippen LogP contribution >= 0.6 is 15.9 Å². The summed E-state index contributed by atoms with van der Waals surface area (Å²) in [5.41, 5.74) is 6.77. The summed E-state index contributed by atoms with van der Waals surface area (Å²) in [6.07, 6.45) is 4.65. The van der Waals surface area contributed by atoms with Crippen molar-refractivity contribution in [2.75, 3.05) is 6.54 Å². The molecule has 3 heteroatoms. The second kappa shape index (κ2) is 4.58. The molecule has 0 amide bonds. The molecule has 1 aromatic heterocycles. The molecule has 0 aliphatic heterocycles. The van der Waals surface area contributed by atoms with Crippen LogP contribution < -0.4 is 5.73 Å². The predicted molar refractivity (Wildman–Crippen MR) is 54.0 cm³/mol. The maximum atomic E-state index is 5.49. The molecule has 2 nitrogen and oxygen atoms in total. The van der Waals surface area contributed by atoms with Gasteiger partial charge < -0.3 is 5.73 Å². The van der Waals surface area contributed by atoms with E-state index in [0.717, 1.165) is 17.4 Å². The zero-order valence-electron chi connectivity index (χ0n) is 7.13. The monoisotopic (exact) mass is 228 g/mol. The molecule has 2 N–H and O–H groups in total. The minimum atomic E-state index is 0.507. The van der Waals surface area contributed by atoms with Gasteiger partial charge in [0.15, 0.2) is 0 Å². The van der Waals surface area contributed by atoms with Crippen LogP contribution in [0.3, 0.4) is 0 Å². The Kier molecular flexibility index (Phi) is 3.69. The molecule has 0 fully saturated rings. The summed E-state index contributed by atoms with van der Waals surface area (Å²) in [6, 6.07) is 2.03. The SMILES string of the molecule is CC(CCN)c1ccncc1Br. The van der Waals surface area contributed by atoms with Gasteiger partial charge in [-0.15, -0.1) is 0 Å². The summed E-state index contributed by atoms with van der Waals surface area (Å²) >= 11 is 3.46. The van der Waals surface area contributed by atoms with Gasteiger partial charge in [0.2, 0.25) is 0 Å². The largest absolute Gasteiger partial charge is 0.330 e. The van der Waals surface area contributed by atoms with Gasteiger partial charge in [0.1, 0.15) is 0 Å². The minimum absolute atomic E-state index is 0.507. The molecule has 1 atom stereocenters. The Labute approximate surface area is 81.3 Å². The molecule has 1 rings (SSSR count). The van der Waals surface area contributed by atoms with E-state index < -0.39 is 0 Å². The third-order valence-corrected chi connectivity index (χ3v) is 2.60. The van der Waals surface area contributed by atoms with E-state index in [4.69, 9.17) is 5.73 Å². The lowest BCUT2D eigenvalue weighted by atomic mass is 9.99. The first-order chi connectivity index (χ1) is 5.75. The fraction of sp³-hybridized carbons (Fsp3) is 0.444. The highest BCUT2D eigenvalue weighted by atomic mass is 79.9. The number of halogens is 1. The number of nitrogens with zero attached hydrogens (tertiary/aromatic N) is 1. The van der Waals surface area contributed by atoms with Crippen molar-refractivity contribution in [1.29, 1.82) is 0 Å². The van der Waals surface area contributed by atoms with Crippen molar-refractivity contribution in [3.63, 3.8) is 0 Å². The molecule has 66 valence electrons. The molecule has 0 saturated carbocycles. The van der Waals surface area contributed by atoms with E-state index in [2.05, 4.69) is 27.8 Å². The van der Waals surface area contributed by atoms with Crippen molar-refractivity contribution < 1.29 is 0 Å². The van der Waals surface area contributed by atoms with Crippen LogP contribution in [-0.2, 0) is 0 Å². The third-order valence-electron chi connectivity index (χ3n) is 1.93. The standard InChI is InChI=1S/C9H13BrN2/c1-7(2-4-11)8-3-5-12-6-9(8)10/h3,5-7H,2,4,11H2,1H3. The topological polar surface area (TPSA) is 38.9 Å². The highest BCUT2D eigenvalue weighted by Gasteiger charge is 2.07. The zero-order valence-corrected chi connectivity index (χ0v) is 8.71. The number of rotatable bonds is 3. The van der Waals surface area contributed by atoms with E-state index in [0.29, 0.717) is 5.92 Å². The molecular weight excluding hydrogens is 216 g/mol. The van der Waals surface area contributed by atoms with Crippen LogP contribution in [0.5, 0.6) is 0 Å². The first kappa shape index (κ1) is 9.68. The Balaban J connectivity index is 2.79. The van der Waals surface area contributed by atoms with Gasteiger partial charge in [-0.1, -0.05) is 6.92 Å². The molecule has 1 unspecified atom stereocenters. The lowest BCUT2D eigenvalue weighted by Gasteiger charge is -2.11. The smallest absolute Gasteiger partial charge is 0.0413 e. The number of nitrogens with two attached hydrogens (primary N) is 1. The average molecular weight is 229 g/mol. The molecule has 0 aliphatic carbocycles. The molecule has 0 aliphatic rings. The van der Waals surface area contributed by atoms with Crippen molar-refractivity contribution in [3.05, 3.63) is 28.5 Å². The average Bonchev–Trinajstić information content (AvgIpc) is 2.05. The van der Waals surface area contributed by atoms with E-state index in [1.165, 1.54) is 5.56 Å². The first-order valence-corrected chi connectivity index (χ1v) is 4.84. The van der Waals surface area contributed by atoms with Gasteiger partial charge in [-0.25, -0.2) is 0 Å². The number of pyridine rings is 1. The highest BCUT2D eigenvalue weighted by molar-refractivity contribution is 9.10. The van der Waals surface area contributed by atoms with Crippen molar-refractivity contribution in [2.45, 2.75) is 19.3 Å². The molecule has 0 saturated heterocycles. The Morgan fingerprint density at radius 2 is 2.42 bits per heavy atom. The highest BCUT2D eigenvalue weighted by Crippen LogP contribution is 2.25. The van der Waals surface area contributed by atoms with Crippen LogP contribution in [-0.4, -0.2) is 11.5 Å². The molecule has 12 heavy (non-hydrogen) atoms. The van der Waals surface area contributed by atoms with Crippen LogP contribution in [0.15, 0.2) is 22.9 Å². The van der Waals surface area contributed by atoms with E-state index in [9.17, 15) is 0 Å². The van der Waals surface area contributed by atoms with Crippen LogP contribution in [0.1, 0.15) is 24.8 Å². The van der Waals surface area contributed by atoms with Gasteiger partial charge in [0.05, 0.1) is 0 Å². The van der Waals surface area contributed by atoms with E-state index >= 15 is 0 Å². The number of hydrogen-bond acceptors (Lipinski definition) is 2. The van der Waals surface area contributed by atoms with E-state index in [1.807, 2.05) is 18.5 Å². The summed E-state index contributed by atoms with van der Waals surface area (Å²) < 4.78 is 1.07. The summed E-state index contributed by atoms with van der Waals surface area (Å²) in [5, 5.41) is 0. The van der Waals surface area contributed by atoms with Crippen LogP contribution in [0.25, 0.3) is 0 Å². The Hall–Kier alpha value is -0.410. The minimum Gasteiger partial charge on any atom is -0.330 e. The lowest BCUT2D eigenvalue weighted by Crippen LogP contribution is -2.05. The normalized spacial score (nSPS) is 12.9. The summed E-state index contributed by atoms with van der Waals surface area (Å²) in [7, 11) is 0. The van der Waals surface area contributed by atoms with Crippen LogP contribution in [0.2, 0.25) is 0 Å². The van der Waals surface area contributed by atoms with Gasteiger partial charge in [-0.3, -0.25) is 4.98 Å². The fourth-order valence-corrected chi connectivity index (χ4v) is 1.83. The van der Waals surface area contributed by atoms with E-state index in [1.54, 1.807) is 0 Å². The van der Waals surface area contributed by atoms with Gasteiger partial charge in [0.25, 0.3) is 0 Å². The molecule has 0 aromatic carbocycles. The Morgan fingerprint density at radius 1 is 1.67 bits per heavy atom. The molecular formula is C9H13BrN2. The van der Waals surface area contributed by atoms with Gasteiger partial charge in [0, 0.05) is 16.9 Å². The Morgan fingerprint density at radius 3 is 3.00 bits per heavy atom. The quantitative estimate of drug-likeness (QED) is 0.863. The summed E-state index contributed by atoms with van der Waals surface area (Å²) in [4.78, 5) is 4.01. The van der Waals surface area contributed by atoms with Crippen molar-refractivity contribution >= 4 is 15.9 Å². The lowest BCUT2D eigenvalue weighted by molar-refractivity contribution is 0.686. The number of aromatic nitrogens is 1. The maximum Gasteiger partial charge on any atom is 0.0413 e. The second-order valence-corrected chi connectivity index (χ2v) is 3.73. The van der Waals surface area contributed by atoms with Crippen molar-refractivity contribution in [1.82, 2.24) is 4.98 Å². The molecule has 1 aromatic rings. The predicted octanol–water partition coefficient (Wildman–Crippen LogP) is 2.30. The first-order valence-electron chi connectivity index (χ1n) is 4.05. The van der Waals surface area contributed by atoms with Gasteiger partial charge in [-0.2, -0.15) is 0 Å². The molecule has 0 bridgehead atoms. The third kappa shape index (κ3) is 2.29. The van der Waals surface area contributed by atoms with Crippen LogP contribution in [0, 0.1) is 0 Å². The zero-order chi connectivity index (χ0) is 8.97. The van der Waals surface area contributed by atoms with Gasteiger partial charge in [-0.05, 0) is 46.4 Å². The van der Waals surface area contributed by atoms with Crippen LogP contribution in [0.4, 0.5) is 0 Å². The van der Waals surface area contributed by atoms with Gasteiger partial charge >= 0.3 is 0 Å². The van der Waals surface area contributed by atoms with Crippen molar-refractivity contribution in [2.24, 2.45) is 5.73 Å². The second-order valence-electron chi connectivity index (χ2n) is 2.88. The van der Waals surface area contributed by atoms with E-state index in [-0.39, 0.29) is 0 Å². The maximum absolute atomic E-state index is 5.49. The number of hydrogen-bond donors (Lipinski definition) is 1. The van der Waals surface area contributed by atoms with Crippen molar-refractivity contribution in [3.8, 4) is 0 Å².